The number of nitrogens with one attached hydrogen (secondary N) is 2. The molecule has 1 aliphatic rings. The van der Waals surface area contributed by atoms with E-state index in [1.54, 1.807) is 7.11 Å². The third kappa shape index (κ3) is 2.58. The quantitative estimate of drug-likeness (QED) is 0.835. The van der Waals surface area contributed by atoms with Gasteiger partial charge >= 0.3 is 0 Å². The summed E-state index contributed by atoms with van der Waals surface area (Å²) in [6.45, 7) is 3.00. The Labute approximate surface area is 101 Å². The Balaban J connectivity index is 2.07. The summed E-state index contributed by atoms with van der Waals surface area (Å²) in [6, 6.07) is 7.34. The molecule has 1 heterocycles. The third-order valence-corrected chi connectivity index (χ3v) is 3.18. The summed E-state index contributed by atoms with van der Waals surface area (Å²) in [6.07, 6.45) is 1.05. The predicted octanol–water partition coefficient (Wildman–Crippen LogP) is 1.63. The van der Waals surface area contributed by atoms with Crippen molar-refractivity contribution < 1.29 is 9.53 Å². The lowest BCUT2D eigenvalue weighted by atomic mass is 10.0. The molecule has 1 saturated heterocycles. The Morgan fingerprint density at radius 3 is 2.88 bits per heavy atom. The SMILES string of the molecule is COc1ccccc1NC(=O)C1NCCC1C. The van der Waals surface area contributed by atoms with Gasteiger partial charge in [-0.15, -0.1) is 0 Å². The summed E-state index contributed by atoms with van der Waals surface area (Å²) in [4.78, 5) is 12.1. The molecule has 0 aromatic heterocycles. The molecule has 92 valence electrons. The number of ether oxygens (including phenoxy) is 1. The van der Waals surface area contributed by atoms with Gasteiger partial charge < -0.3 is 15.4 Å². The van der Waals surface area contributed by atoms with E-state index in [1.165, 1.54) is 0 Å². The van der Waals surface area contributed by atoms with E-state index in [9.17, 15) is 4.79 Å². The standard InChI is InChI=1S/C13H18N2O2/c1-9-7-8-14-12(9)13(16)15-10-5-3-4-6-11(10)17-2/h3-6,9,12,14H,7-8H2,1-2H3,(H,15,16). The molecule has 1 aromatic carbocycles. The molecule has 1 fully saturated rings. The molecular formula is C13H18N2O2. The zero-order valence-corrected chi connectivity index (χ0v) is 10.2. The van der Waals surface area contributed by atoms with Crippen molar-refractivity contribution in [1.29, 1.82) is 0 Å². The van der Waals surface area contributed by atoms with E-state index in [0.29, 0.717) is 11.7 Å². The second-order valence-electron chi connectivity index (χ2n) is 4.39. The van der Waals surface area contributed by atoms with Gasteiger partial charge in [0.15, 0.2) is 0 Å². The number of rotatable bonds is 3. The van der Waals surface area contributed by atoms with Crippen LogP contribution in [0.15, 0.2) is 24.3 Å². The Bertz CT molecular complexity index is 406. The van der Waals surface area contributed by atoms with Crippen LogP contribution in [0.5, 0.6) is 5.75 Å². The van der Waals surface area contributed by atoms with E-state index in [4.69, 9.17) is 4.74 Å². The first kappa shape index (κ1) is 11.9. The van der Waals surface area contributed by atoms with Gasteiger partial charge in [-0.25, -0.2) is 0 Å². The normalized spacial score (nSPS) is 23.4. The molecular weight excluding hydrogens is 216 g/mol. The van der Waals surface area contributed by atoms with Crippen LogP contribution in [0.3, 0.4) is 0 Å². The molecule has 4 nitrogen and oxygen atoms in total. The number of para-hydroxylation sites is 2. The highest BCUT2D eigenvalue weighted by Crippen LogP contribution is 2.24. The Morgan fingerprint density at radius 2 is 2.24 bits per heavy atom. The van der Waals surface area contributed by atoms with E-state index in [-0.39, 0.29) is 11.9 Å². The first-order valence-corrected chi connectivity index (χ1v) is 5.89. The highest BCUT2D eigenvalue weighted by Gasteiger charge is 2.29. The summed E-state index contributed by atoms with van der Waals surface area (Å²) < 4.78 is 5.20. The molecule has 2 atom stereocenters. The van der Waals surface area contributed by atoms with E-state index in [0.717, 1.165) is 18.7 Å². The first-order chi connectivity index (χ1) is 8.22. The number of methoxy groups -OCH3 is 1. The van der Waals surface area contributed by atoms with Crippen LogP contribution in [-0.4, -0.2) is 25.6 Å². The van der Waals surface area contributed by atoms with Crippen LogP contribution < -0.4 is 15.4 Å². The van der Waals surface area contributed by atoms with Crippen LogP contribution in [0.2, 0.25) is 0 Å². The number of hydrogen-bond acceptors (Lipinski definition) is 3. The van der Waals surface area contributed by atoms with Crippen molar-refractivity contribution in [2.75, 3.05) is 19.0 Å². The Morgan fingerprint density at radius 1 is 1.47 bits per heavy atom. The summed E-state index contributed by atoms with van der Waals surface area (Å²) in [5.41, 5.74) is 0.723. The van der Waals surface area contributed by atoms with Crippen LogP contribution in [-0.2, 0) is 4.79 Å². The fourth-order valence-electron chi connectivity index (χ4n) is 2.14. The highest BCUT2D eigenvalue weighted by molar-refractivity contribution is 5.96. The molecule has 1 amide bonds. The second-order valence-corrected chi connectivity index (χ2v) is 4.39. The predicted molar refractivity (Wildman–Crippen MR) is 67.2 cm³/mol. The van der Waals surface area contributed by atoms with Gasteiger partial charge in [0.25, 0.3) is 0 Å². The molecule has 4 heteroatoms. The molecule has 0 bridgehead atoms. The van der Waals surface area contributed by atoms with E-state index in [2.05, 4.69) is 17.6 Å². The van der Waals surface area contributed by atoms with Crippen LogP contribution >= 0.6 is 0 Å². The number of amides is 1. The Hall–Kier alpha value is -1.55. The lowest BCUT2D eigenvalue weighted by Crippen LogP contribution is -2.39. The lowest BCUT2D eigenvalue weighted by molar-refractivity contribution is -0.118. The molecule has 0 saturated carbocycles. The smallest absolute Gasteiger partial charge is 0.241 e. The van der Waals surface area contributed by atoms with Gasteiger partial charge in [0.1, 0.15) is 5.75 Å². The highest BCUT2D eigenvalue weighted by atomic mass is 16.5. The van der Waals surface area contributed by atoms with Crippen LogP contribution in [0, 0.1) is 5.92 Å². The molecule has 1 aromatic rings. The van der Waals surface area contributed by atoms with Crippen molar-refractivity contribution in [1.82, 2.24) is 5.32 Å². The monoisotopic (exact) mass is 234 g/mol. The number of carbonyl (C=O) groups is 1. The van der Waals surface area contributed by atoms with Crippen molar-refractivity contribution in [2.45, 2.75) is 19.4 Å². The van der Waals surface area contributed by atoms with Gasteiger partial charge in [0.05, 0.1) is 18.8 Å². The van der Waals surface area contributed by atoms with Crippen molar-refractivity contribution >= 4 is 11.6 Å². The number of anilines is 1. The number of hydrogen-bond donors (Lipinski definition) is 2. The van der Waals surface area contributed by atoms with Gasteiger partial charge in [0.2, 0.25) is 5.91 Å². The maximum atomic E-state index is 12.1. The van der Waals surface area contributed by atoms with E-state index < -0.39 is 0 Å². The molecule has 2 N–H and O–H groups in total. The summed E-state index contributed by atoms with van der Waals surface area (Å²) in [5.74, 6) is 1.08. The Kier molecular flexibility index (Phi) is 3.64. The molecule has 0 radical (unpaired) electrons. The molecule has 0 aliphatic carbocycles. The minimum absolute atomic E-state index is 0.0134. The zero-order valence-electron chi connectivity index (χ0n) is 10.2. The minimum Gasteiger partial charge on any atom is -0.495 e. The molecule has 0 spiro atoms. The van der Waals surface area contributed by atoms with Crippen LogP contribution in [0.25, 0.3) is 0 Å². The molecule has 2 rings (SSSR count). The first-order valence-electron chi connectivity index (χ1n) is 5.89. The van der Waals surface area contributed by atoms with Crippen molar-refractivity contribution in [3.63, 3.8) is 0 Å². The largest absolute Gasteiger partial charge is 0.495 e. The summed E-state index contributed by atoms with van der Waals surface area (Å²) in [7, 11) is 1.60. The van der Waals surface area contributed by atoms with Gasteiger partial charge in [-0.1, -0.05) is 19.1 Å². The third-order valence-electron chi connectivity index (χ3n) is 3.18. The second kappa shape index (κ2) is 5.19. The maximum absolute atomic E-state index is 12.1. The number of carbonyl (C=O) groups excluding carboxylic acids is 1. The summed E-state index contributed by atoms with van der Waals surface area (Å²) >= 11 is 0. The van der Waals surface area contributed by atoms with E-state index >= 15 is 0 Å². The van der Waals surface area contributed by atoms with Crippen LogP contribution in [0.4, 0.5) is 5.69 Å². The number of benzene rings is 1. The average Bonchev–Trinajstić information content (AvgIpc) is 2.76. The molecule has 2 unspecified atom stereocenters. The zero-order chi connectivity index (χ0) is 12.3. The average molecular weight is 234 g/mol. The van der Waals surface area contributed by atoms with Crippen LogP contribution in [0.1, 0.15) is 13.3 Å². The van der Waals surface area contributed by atoms with Crippen molar-refractivity contribution in [2.24, 2.45) is 5.92 Å². The molecule has 1 aliphatic heterocycles. The van der Waals surface area contributed by atoms with Crippen molar-refractivity contribution in [3.05, 3.63) is 24.3 Å². The minimum atomic E-state index is -0.0973. The topological polar surface area (TPSA) is 50.4 Å². The van der Waals surface area contributed by atoms with Gasteiger partial charge in [0, 0.05) is 0 Å². The lowest BCUT2D eigenvalue weighted by Gasteiger charge is -2.16. The molecule has 17 heavy (non-hydrogen) atoms. The fraction of sp³-hybridized carbons (Fsp3) is 0.462. The maximum Gasteiger partial charge on any atom is 0.241 e. The van der Waals surface area contributed by atoms with Crippen molar-refractivity contribution in [3.8, 4) is 5.75 Å². The fourth-order valence-corrected chi connectivity index (χ4v) is 2.14. The van der Waals surface area contributed by atoms with Gasteiger partial charge in [-0.2, -0.15) is 0 Å². The summed E-state index contributed by atoms with van der Waals surface area (Å²) in [5, 5.41) is 6.12. The van der Waals surface area contributed by atoms with Gasteiger partial charge in [-0.05, 0) is 31.0 Å². The van der Waals surface area contributed by atoms with E-state index in [1.807, 2.05) is 24.3 Å². The van der Waals surface area contributed by atoms with Gasteiger partial charge in [-0.3, -0.25) is 4.79 Å².